The van der Waals surface area contributed by atoms with Crippen molar-refractivity contribution in [3.63, 3.8) is 0 Å². The number of carbonyl (C=O) groups is 1. The zero-order valence-corrected chi connectivity index (χ0v) is 11.6. The third-order valence-electron chi connectivity index (χ3n) is 3.18. The molecule has 2 rings (SSSR count). The van der Waals surface area contributed by atoms with Crippen LogP contribution >= 0.6 is 0 Å². The number of aliphatic hydroxyl groups excluding tert-OH is 2. The number of nitrogens with zero attached hydrogens (tertiary/aromatic N) is 1. The first-order chi connectivity index (χ1) is 10.1. The van der Waals surface area contributed by atoms with E-state index in [0.717, 1.165) is 11.3 Å². The van der Waals surface area contributed by atoms with Crippen molar-refractivity contribution in [3.05, 3.63) is 54.2 Å². The van der Waals surface area contributed by atoms with Gasteiger partial charge >= 0.3 is 5.97 Å². The van der Waals surface area contributed by atoms with Crippen LogP contribution in [0.5, 0.6) is 0 Å². The third kappa shape index (κ3) is 3.87. The maximum Gasteiger partial charge on any atom is 0.308 e. The molecule has 2 N–H and O–H groups in total. The number of carbonyl (C=O) groups excluding carboxylic acids is 1. The molecule has 5 nitrogen and oxygen atoms in total. The van der Waals surface area contributed by atoms with Crippen molar-refractivity contribution in [2.75, 3.05) is 7.11 Å². The quantitative estimate of drug-likeness (QED) is 0.818. The number of benzene rings is 1. The second-order valence-corrected chi connectivity index (χ2v) is 4.63. The molecular weight excluding hydrogens is 270 g/mol. The Balaban J connectivity index is 2.10. The summed E-state index contributed by atoms with van der Waals surface area (Å²) in [5.74, 6) is -0.563. The lowest BCUT2D eigenvalue weighted by molar-refractivity contribution is -0.144. The molecule has 21 heavy (non-hydrogen) atoms. The fourth-order valence-corrected chi connectivity index (χ4v) is 1.97. The van der Waals surface area contributed by atoms with Crippen LogP contribution in [0.4, 0.5) is 0 Å². The molecule has 2 unspecified atom stereocenters. The standard InChI is InChI=1S/C16H17NO4/c1-21-15(19)10-14(18)16(20)12-7-5-11(6-8-12)13-4-2-3-9-17-13/h2-9,14,16,18,20H,10H2,1H3. The lowest BCUT2D eigenvalue weighted by Gasteiger charge is -2.17. The number of aromatic nitrogens is 1. The van der Waals surface area contributed by atoms with Gasteiger partial charge in [0.05, 0.1) is 25.3 Å². The van der Waals surface area contributed by atoms with E-state index in [0.29, 0.717) is 5.56 Å². The maximum atomic E-state index is 11.1. The van der Waals surface area contributed by atoms with Gasteiger partial charge in [0.15, 0.2) is 0 Å². The van der Waals surface area contributed by atoms with Gasteiger partial charge in [-0.05, 0) is 17.7 Å². The Morgan fingerprint density at radius 3 is 2.48 bits per heavy atom. The van der Waals surface area contributed by atoms with E-state index in [1.807, 2.05) is 30.3 Å². The number of rotatable bonds is 5. The predicted molar refractivity (Wildman–Crippen MR) is 77.3 cm³/mol. The van der Waals surface area contributed by atoms with Gasteiger partial charge in [-0.15, -0.1) is 0 Å². The van der Waals surface area contributed by atoms with Crippen molar-refractivity contribution in [1.82, 2.24) is 4.98 Å². The summed E-state index contributed by atoms with van der Waals surface area (Å²) in [6.07, 6.45) is -0.877. The van der Waals surface area contributed by atoms with Crippen molar-refractivity contribution >= 4 is 5.97 Å². The molecule has 0 amide bonds. The summed E-state index contributed by atoms with van der Waals surface area (Å²) >= 11 is 0. The van der Waals surface area contributed by atoms with Gasteiger partial charge in [-0.2, -0.15) is 0 Å². The molecule has 1 heterocycles. The Kier molecular flexibility index (Phi) is 5.03. The molecule has 1 aromatic heterocycles. The lowest BCUT2D eigenvalue weighted by Crippen LogP contribution is -2.22. The van der Waals surface area contributed by atoms with Gasteiger partial charge < -0.3 is 14.9 Å². The van der Waals surface area contributed by atoms with E-state index in [4.69, 9.17) is 0 Å². The van der Waals surface area contributed by atoms with Gasteiger partial charge in [0.1, 0.15) is 6.10 Å². The topological polar surface area (TPSA) is 79.7 Å². The highest BCUT2D eigenvalue weighted by molar-refractivity contribution is 5.69. The van der Waals surface area contributed by atoms with E-state index in [2.05, 4.69) is 9.72 Å². The number of hydrogen-bond acceptors (Lipinski definition) is 5. The summed E-state index contributed by atoms with van der Waals surface area (Å²) in [4.78, 5) is 15.3. The molecule has 2 aromatic rings. The molecule has 110 valence electrons. The molecule has 0 aliphatic heterocycles. The zero-order valence-electron chi connectivity index (χ0n) is 11.6. The van der Waals surface area contributed by atoms with Crippen LogP contribution in [0.15, 0.2) is 48.7 Å². The van der Waals surface area contributed by atoms with Crippen molar-refractivity contribution in [2.24, 2.45) is 0 Å². The summed E-state index contributed by atoms with van der Waals surface area (Å²) in [6, 6.07) is 12.6. The van der Waals surface area contributed by atoms with E-state index in [-0.39, 0.29) is 6.42 Å². The van der Waals surface area contributed by atoms with Crippen LogP contribution in [0.3, 0.4) is 0 Å². The fraction of sp³-hybridized carbons (Fsp3) is 0.250. The van der Waals surface area contributed by atoms with Crippen molar-refractivity contribution < 1.29 is 19.7 Å². The SMILES string of the molecule is COC(=O)CC(O)C(O)c1ccc(-c2ccccn2)cc1. The molecular formula is C16H17NO4. The molecule has 5 heteroatoms. The molecule has 0 saturated heterocycles. The van der Waals surface area contributed by atoms with Crippen LogP contribution in [0.25, 0.3) is 11.3 Å². The van der Waals surface area contributed by atoms with E-state index in [1.54, 1.807) is 18.3 Å². The Morgan fingerprint density at radius 1 is 1.19 bits per heavy atom. The van der Waals surface area contributed by atoms with Crippen LogP contribution in [-0.2, 0) is 9.53 Å². The summed E-state index contributed by atoms with van der Waals surface area (Å²) < 4.78 is 4.47. The molecule has 0 fully saturated rings. The number of ether oxygens (including phenoxy) is 1. The minimum absolute atomic E-state index is 0.250. The highest BCUT2D eigenvalue weighted by Crippen LogP contribution is 2.23. The van der Waals surface area contributed by atoms with Crippen molar-refractivity contribution in [1.29, 1.82) is 0 Å². The van der Waals surface area contributed by atoms with E-state index >= 15 is 0 Å². The van der Waals surface area contributed by atoms with E-state index in [1.165, 1.54) is 7.11 Å². The van der Waals surface area contributed by atoms with Crippen LogP contribution in [0, 0.1) is 0 Å². The average molecular weight is 287 g/mol. The Hall–Kier alpha value is -2.24. The Bertz CT molecular complexity index is 583. The Morgan fingerprint density at radius 2 is 1.90 bits per heavy atom. The number of methoxy groups -OCH3 is 1. The number of pyridine rings is 1. The molecule has 0 saturated carbocycles. The summed E-state index contributed by atoms with van der Waals surface area (Å²) in [6.45, 7) is 0. The van der Waals surface area contributed by atoms with Gasteiger partial charge in [-0.3, -0.25) is 9.78 Å². The van der Waals surface area contributed by atoms with Gasteiger partial charge in [0.2, 0.25) is 0 Å². The summed E-state index contributed by atoms with van der Waals surface area (Å²) in [5.41, 5.74) is 2.27. The van der Waals surface area contributed by atoms with Gasteiger partial charge in [0.25, 0.3) is 0 Å². The molecule has 0 aliphatic rings. The first-order valence-electron chi connectivity index (χ1n) is 6.56. The Labute approximate surface area is 122 Å². The maximum absolute atomic E-state index is 11.1. The molecule has 1 aromatic carbocycles. The average Bonchev–Trinajstić information content (AvgIpc) is 2.55. The molecule has 2 atom stereocenters. The normalized spacial score (nSPS) is 13.5. The van der Waals surface area contributed by atoms with Crippen LogP contribution < -0.4 is 0 Å². The minimum Gasteiger partial charge on any atom is -0.469 e. The third-order valence-corrected chi connectivity index (χ3v) is 3.18. The largest absolute Gasteiger partial charge is 0.469 e. The first-order valence-corrected chi connectivity index (χ1v) is 6.56. The second kappa shape index (κ2) is 6.97. The van der Waals surface area contributed by atoms with Crippen LogP contribution in [-0.4, -0.2) is 34.4 Å². The molecule has 0 aliphatic carbocycles. The molecule has 0 spiro atoms. The molecule has 0 bridgehead atoms. The number of aliphatic hydroxyl groups is 2. The summed E-state index contributed by atoms with van der Waals surface area (Å²) in [7, 11) is 1.24. The van der Waals surface area contributed by atoms with Gasteiger partial charge in [0, 0.05) is 11.8 Å². The fourth-order valence-electron chi connectivity index (χ4n) is 1.97. The lowest BCUT2D eigenvalue weighted by atomic mass is 10.00. The predicted octanol–water partition coefficient (Wildman–Crippen LogP) is 1.71. The first kappa shape index (κ1) is 15.2. The number of esters is 1. The minimum atomic E-state index is -1.20. The van der Waals surface area contributed by atoms with Crippen molar-refractivity contribution in [2.45, 2.75) is 18.6 Å². The highest BCUT2D eigenvalue weighted by Gasteiger charge is 2.21. The van der Waals surface area contributed by atoms with Crippen LogP contribution in [0.1, 0.15) is 18.1 Å². The summed E-state index contributed by atoms with van der Waals surface area (Å²) in [5, 5.41) is 19.8. The monoisotopic (exact) mass is 287 g/mol. The van der Waals surface area contributed by atoms with Gasteiger partial charge in [-0.25, -0.2) is 0 Å². The van der Waals surface area contributed by atoms with Gasteiger partial charge in [-0.1, -0.05) is 30.3 Å². The molecule has 0 radical (unpaired) electrons. The van der Waals surface area contributed by atoms with Crippen molar-refractivity contribution in [3.8, 4) is 11.3 Å². The smallest absolute Gasteiger partial charge is 0.308 e. The van der Waals surface area contributed by atoms with E-state index < -0.39 is 18.2 Å². The van der Waals surface area contributed by atoms with Crippen LogP contribution in [0.2, 0.25) is 0 Å². The number of hydrogen-bond donors (Lipinski definition) is 2. The zero-order chi connectivity index (χ0) is 15.2. The highest BCUT2D eigenvalue weighted by atomic mass is 16.5. The van der Waals surface area contributed by atoms with E-state index in [9.17, 15) is 15.0 Å². The second-order valence-electron chi connectivity index (χ2n) is 4.63.